The number of halogens is 1. The molecule has 1 N–H and O–H groups in total. The normalized spacial score (nSPS) is 18.7. The monoisotopic (exact) mass is 525 g/mol. The number of rotatable bonds is 8. The number of likely N-dealkylation sites (tertiary alicyclic amines) is 1. The number of benzene rings is 2. The summed E-state index contributed by atoms with van der Waals surface area (Å²) in [7, 11) is 0. The van der Waals surface area contributed by atoms with E-state index in [0.717, 1.165) is 66.7 Å². The Hall–Kier alpha value is -1.09. The molecule has 0 saturated carbocycles. The number of hydrogen-bond donors (Lipinski definition) is 1. The van der Waals surface area contributed by atoms with Gasteiger partial charge in [-0.2, -0.15) is 0 Å². The van der Waals surface area contributed by atoms with Gasteiger partial charge in [0.2, 0.25) is 0 Å². The third-order valence-corrected chi connectivity index (χ3v) is 7.03. The van der Waals surface area contributed by atoms with Gasteiger partial charge in [0.25, 0.3) is 0 Å². The second kappa shape index (κ2) is 12.6. The number of carboxylic acids is 1. The molecule has 0 radical (unpaired) electrons. The number of aliphatic carboxylic acids is 1. The first-order valence-electron chi connectivity index (χ1n) is 11.2. The van der Waals surface area contributed by atoms with E-state index in [4.69, 9.17) is 9.47 Å². The first-order valence-corrected chi connectivity index (χ1v) is 12.0. The van der Waals surface area contributed by atoms with Crippen LogP contribution in [-0.4, -0.2) is 48.8 Å². The van der Waals surface area contributed by atoms with E-state index in [0.29, 0.717) is 24.7 Å². The van der Waals surface area contributed by atoms with Crippen molar-refractivity contribution in [3.8, 4) is 11.5 Å². The van der Waals surface area contributed by atoms with E-state index in [1.807, 2.05) is 18.2 Å². The number of aliphatic hydroxyl groups excluding tert-OH is 1. The first-order chi connectivity index (χ1) is 15.5. The van der Waals surface area contributed by atoms with Crippen LogP contribution >= 0.6 is 15.9 Å². The number of ether oxygens (including phenoxy) is 2. The fourth-order valence-corrected chi connectivity index (χ4v) is 4.90. The van der Waals surface area contributed by atoms with Crippen molar-refractivity contribution in [3.63, 3.8) is 0 Å². The van der Waals surface area contributed by atoms with Crippen LogP contribution in [0.25, 0.3) is 0 Å². The van der Waals surface area contributed by atoms with Crippen LogP contribution in [0.15, 0.2) is 40.9 Å². The van der Waals surface area contributed by atoms with Crippen LogP contribution in [0.1, 0.15) is 42.1 Å². The van der Waals surface area contributed by atoms with E-state index in [-0.39, 0.29) is 29.6 Å². The molecule has 2 aromatic carbocycles. The quantitative estimate of drug-likeness (QED) is 0.484. The summed E-state index contributed by atoms with van der Waals surface area (Å²) in [6, 6.07) is 12.1. The molecule has 8 heteroatoms. The molecule has 0 bridgehead atoms. The van der Waals surface area contributed by atoms with Gasteiger partial charge < -0.3 is 29.4 Å². The smallest absolute Gasteiger partial charge is 0.546 e. The summed E-state index contributed by atoms with van der Waals surface area (Å²) in [4.78, 5) is 13.2. The van der Waals surface area contributed by atoms with Crippen LogP contribution in [0.3, 0.4) is 0 Å². The molecule has 6 nitrogen and oxygen atoms in total. The molecule has 1 unspecified atom stereocenters. The van der Waals surface area contributed by atoms with Crippen LogP contribution in [0.4, 0.5) is 0 Å². The molecule has 2 aliphatic heterocycles. The molecule has 172 valence electrons. The molecule has 4 rings (SSSR count). The average Bonchev–Trinajstić information content (AvgIpc) is 2.79. The second-order valence-electron chi connectivity index (χ2n) is 8.69. The third-order valence-electron chi connectivity index (χ3n) is 6.37. The number of carbonyl (C=O) groups excluding carboxylic acids is 1. The summed E-state index contributed by atoms with van der Waals surface area (Å²) in [5.74, 6) is 0.742. The number of carbonyl (C=O) groups is 1. The van der Waals surface area contributed by atoms with Crippen molar-refractivity contribution in [1.82, 2.24) is 4.90 Å². The Morgan fingerprint density at radius 1 is 1.15 bits per heavy atom. The summed E-state index contributed by atoms with van der Waals surface area (Å²) in [5.41, 5.74) is 3.33. The van der Waals surface area contributed by atoms with E-state index in [1.165, 1.54) is 5.56 Å². The SMILES string of the molecule is O=C([O-])COc1cc(CC2CCN(CCc3ccc4c(c3)C(O)CCO4)CC2)ccc1Br.[Na+]. The van der Waals surface area contributed by atoms with Gasteiger partial charge in [-0.25, -0.2) is 0 Å². The van der Waals surface area contributed by atoms with Gasteiger partial charge in [-0.3, -0.25) is 0 Å². The Balaban J connectivity index is 0.00000306. The minimum absolute atomic E-state index is 0. The van der Waals surface area contributed by atoms with Crippen molar-refractivity contribution in [2.45, 2.75) is 38.2 Å². The van der Waals surface area contributed by atoms with E-state index < -0.39 is 18.7 Å². The predicted molar refractivity (Wildman–Crippen MR) is 123 cm³/mol. The minimum Gasteiger partial charge on any atom is -0.546 e. The molecule has 0 aromatic heterocycles. The Labute approximate surface area is 225 Å². The Morgan fingerprint density at radius 3 is 2.67 bits per heavy atom. The topological polar surface area (TPSA) is 82.1 Å². The molecule has 1 atom stereocenters. The summed E-state index contributed by atoms with van der Waals surface area (Å²) in [6.07, 6.45) is 4.46. The van der Waals surface area contributed by atoms with Gasteiger partial charge >= 0.3 is 29.6 Å². The molecule has 0 spiro atoms. The van der Waals surface area contributed by atoms with Crippen LogP contribution in [0, 0.1) is 5.92 Å². The number of aliphatic hydroxyl groups is 1. The number of hydrogen-bond acceptors (Lipinski definition) is 6. The Bertz CT molecular complexity index is 948. The maximum Gasteiger partial charge on any atom is 1.00 e. The van der Waals surface area contributed by atoms with Crippen LogP contribution in [0.5, 0.6) is 11.5 Å². The Kier molecular flexibility index (Phi) is 10.1. The third kappa shape index (κ3) is 7.44. The zero-order chi connectivity index (χ0) is 22.5. The predicted octanol–water partition coefficient (Wildman–Crippen LogP) is -0.105. The molecule has 2 aliphatic rings. The fraction of sp³-hybridized carbons (Fsp3) is 0.480. The number of nitrogens with zero attached hydrogens (tertiary/aromatic N) is 1. The maximum absolute atomic E-state index is 10.7. The van der Waals surface area contributed by atoms with Gasteiger partial charge in [0.1, 0.15) is 18.1 Å². The summed E-state index contributed by atoms with van der Waals surface area (Å²) >= 11 is 3.41. The molecule has 33 heavy (non-hydrogen) atoms. The van der Waals surface area contributed by atoms with Crippen molar-refractivity contribution >= 4 is 21.9 Å². The van der Waals surface area contributed by atoms with Gasteiger partial charge in [-0.15, -0.1) is 0 Å². The number of carboxylic acid groups (broad SMARTS) is 1. The van der Waals surface area contributed by atoms with Crippen LogP contribution in [0.2, 0.25) is 0 Å². The fourth-order valence-electron chi connectivity index (χ4n) is 4.54. The van der Waals surface area contributed by atoms with Gasteiger partial charge in [-0.1, -0.05) is 12.1 Å². The van der Waals surface area contributed by atoms with Crippen molar-refractivity contribution in [2.24, 2.45) is 5.92 Å². The number of piperidine rings is 1. The zero-order valence-electron chi connectivity index (χ0n) is 19.1. The van der Waals surface area contributed by atoms with Crippen molar-refractivity contribution in [3.05, 3.63) is 57.6 Å². The molecule has 1 saturated heterocycles. The van der Waals surface area contributed by atoms with Crippen LogP contribution in [-0.2, 0) is 17.6 Å². The van der Waals surface area contributed by atoms with Crippen molar-refractivity contribution in [1.29, 1.82) is 0 Å². The van der Waals surface area contributed by atoms with Gasteiger partial charge in [0.05, 0.1) is 23.2 Å². The van der Waals surface area contributed by atoms with E-state index >= 15 is 0 Å². The summed E-state index contributed by atoms with van der Waals surface area (Å²) < 4.78 is 11.7. The summed E-state index contributed by atoms with van der Waals surface area (Å²) in [6.45, 7) is 3.30. The molecule has 2 aromatic rings. The molecular weight excluding hydrogens is 497 g/mol. The maximum atomic E-state index is 10.7. The molecular formula is C25H29BrNNaO5. The van der Waals surface area contributed by atoms with Crippen molar-refractivity contribution < 1.29 is 54.0 Å². The van der Waals surface area contributed by atoms with E-state index in [9.17, 15) is 15.0 Å². The minimum atomic E-state index is -1.23. The zero-order valence-corrected chi connectivity index (χ0v) is 22.7. The largest absolute Gasteiger partial charge is 1.00 e. The number of fused-ring (bicyclic) bond motifs is 1. The molecule has 0 amide bonds. The van der Waals surface area contributed by atoms with Crippen molar-refractivity contribution in [2.75, 3.05) is 32.8 Å². The van der Waals surface area contributed by atoms with Gasteiger partial charge in [-0.05, 0) is 96.0 Å². The summed E-state index contributed by atoms with van der Waals surface area (Å²) in [5, 5.41) is 20.9. The Morgan fingerprint density at radius 2 is 1.91 bits per heavy atom. The van der Waals surface area contributed by atoms with Gasteiger partial charge in [0.15, 0.2) is 0 Å². The average molecular weight is 526 g/mol. The molecule has 2 heterocycles. The second-order valence-corrected chi connectivity index (χ2v) is 9.54. The van der Waals surface area contributed by atoms with Gasteiger partial charge in [0, 0.05) is 18.5 Å². The standard InChI is InChI=1S/C25H30BrNO5.Na/c26-21-3-1-19(15-24(21)32-16-25(29)30)13-18-6-10-27(11-7-18)9-5-17-2-4-23-20(14-17)22(28)8-12-31-23;/h1-4,14-15,18,22,28H,5-13,16H2,(H,29,30);/q;+1/p-1. The first kappa shape index (κ1) is 26.5. The van der Waals surface area contributed by atoms with E-state index in [2.05, 4.69) is 39.0 Å². The van der Waals surface area contributed by atoms with Crippen LogP contribution < -0.4 is 44.1 Å². The molecule has 0 aliphatic carbocycles. The van der Waals surface area contributed by atoms with E-state index in [1.54, 1.807) is 0 Å². The molecule has 1 fully saturated rings.